The molecule has 52 heavy (non-hydrogen) atoms. The number of aromatic nitrogens is 1. The number of ether oxygens (including phenoxy) is 1. The number of pyridine rings is 1. The minimum atomic E-state index is -0.699. The van der Waals surface area contributed by atoms with Crippen LogP contribution in [0.5, 0.6) is 0 Å². The molecule has 12 nitrogen and oxygen atoms in total. The monoisotopic (exact) mass is 708 g/mol. The normalized spacial score (nSPS) is 16.5. The van der Waals surface area contributed by atoms with Crippen molar-refractivity contribution in [3.8, 4) is 0 Å². The number of amides is 1. The van der Waals surface area contributed by atoms with E-state index in [-0.39, 0.29) is 54.9 Å². The number of hydrogen-bond acceptors (Lipinski definition) is 10. The lowest BCUT2D eigenvalue weighted by atomic mass is 10.0. The number of piperazine rings is 1. The fourth-order valence-corrected chi connectivity index (χ4v) is 7.55. The molecular formula is C39H41FN6O6. The molecule has 2 aliphatic rings. The third kappa shape index (κ3) is 6.27. The quantitative estimate of drug-likeness (QED) is 0.124. The summed E-state index contributed by atoms with van der Waals surface area (Å²) in [5, 5.41) is 6.97. The van der Waals surface area contributed by atoms with Gasteiger partial charge in [0.25, 0.3) is 5.91 Å². The zero-order valence-corrected chi connectivity index (χ0v) is 29.1. The predicted molar refractivity (Wildman–Crippen MR) is 201 cm³/mol. The summed E-state index contributed by atoms with van der Waals surface area (Å²) < 4.78 is 29.5. The molecule has 0 atom stereocenters. The lowest BCUT2D eigenvalue weighted by molar-refractivity contribution is 0.0374. The summed E-state index contributed by atoms with van der Waals surface area (Å²) in [5.41, 5.74) is -0.492. The van der Waals surface area contributed by atoms with Gasteiger partial charge in [0, 0.05) is 80.1 Å². The first-order valence-electron chi connectivity index (χ1n) is 18.0. The van der Waals surface area contributed by atoms with Gasteiger partial charge in [0.05, 0.1) is 24.1 Å². The van der Waals surface area contributed by atoms with E-state index >= 15 is 4.39 Å². The van der Waals surface area contributed by atoms with Gasteiger partial charge in [-0.1, -0.05) is 24.3 Å². The van der Waals surface area contributed by atoms with Gasteiger partial charge in [-0.25, -0.2) is 4.39 Å². The van der Waals surface area contributed by atoms with Gasteiger partial charge in [-0.05, 0) is 51.2 Å². The van der Waals surface area contributed by atoms with Crippen molar-refractivity contribution in [2.24, 2.45) is 0 Å². The zero-order chi connectivity index (χ0) is 35.9. The van der Waals surface area contributed by atoms with E-state index in [1.807, 2.05) is 0 Å². The molecule has 0 spiro atoms. The zero-order valence-electron chi connectivity index (χ0n) is 29.1. The van der Waals surface area contributed by atoms with Crippen molar-refractivity contribution in [2.75, 3.05) is 91.0 Å². The average Bonchev–Trinajstić information content (AvgIpc) is 3.16. The minimum absolute atomic E-state index is 0.0347. The number of carbonyl (C=O) groups is 1. The molecule has 8 rings (SSSR count). The second kappa shape index (κ2) is 14.2. The molecule has 4 heterocycles. The van der Waals surface area contributed by atoms with E-state index in [1.165, 1.54) is 12.3 Å². The molecule has 0 bridgehead atoms. The Kier molecular flexibility index (Phi) is 9.34. The third-order valence-electron chi connectivity index (χ3n) is 10.5. The van der Waals surface area contributed by atoms with Gasteiger partial charge in [-0.3, -0.25) is 24.1 Å². The molecular weight excluding hydrogens is 667 g/mol. The van der Waals surface area contributed by atoms with Crippen molar-refractivity contribution in [3.05, 3.63) is 90.7 Å². The number of anilines is 1. The Morgan fingerprint density at radius 2 is 1.44 bits per heavy atom. The Morgan fingerprint density at radius 3 is 2.15 bits per heavy atom. The van der Waals surface area contributed by atoms with E-state index in [0.29, 0.717) is 49.0 Å². The van der Waals surface area contributed by atoms with E-state index in [0.717, 1.165) is 64.8 Å². The Bertz CT molecular complexity index is 2500. The van der Waals surface area contributed by atoms with E-state index in [2.05, 4.69) is 32.4 Å². The number of halogens is 1. The van der Waals surface area contributed by atoms with Gasteiger partial charge in [0.1, 0.15) is 16.8 Å². The van der Waals surface area contributed by atoms with Crippen molar-refractivity contribution >= 4 is 60.7 Å². The Labute approximate surface area is 297 Å². The summed E-state index contributed by atoms with van der Waals surface area (Å²) in [7, 11) is 2.11. The maximum Gasteiger partial charge on any atom is 0.256 e. The number of morpholine rings is 1. The Hall–Kier alpha value is -4.95. The van der Waals surface area contributed by atoms with Crippen LogP contribution in [-0.4, -0.2) is 111 Å². The lowest BCUT2D eigenvalue weighted by Gasteiger charge is -2.32. The van der Waals surface area contributed by atoms with Crippen molar-refractivity contribution in [1.82, 2.24) is 24.4 Å². The number of nitrogens with zero attached hydrogens (tertiary/aromatic N) is 4. The highest BCUT2D eigenvalue weighted by atomic mass is 19.1. The summed E-state index contributed by atoms with van der Waals surface area (Å²) in [4.78, 5) is 61.8. The first-order chi connectivity index (χ1) is 25.3. The van der Waals surface area contributed by atoms with Crippen LogP contribution in [-0.2, 0) is 4.74 Å². The molecule has 2 saturated heterocycles. The Morgan fingerprint density at radius 1 is 0.788 bits per heavy atom. The fraction of sp³-hybridized carbons (Fsp3) is 0.385. The molecule has 0 unspecified atom stereocenters. The van der Waals surface area contributed by atoms with Gasteiger partial charge in [0.15, 0.2) is 27.8 Å². The molecule has 2 N–H and O–H groups in total. The molecule has 1 amide bonds. The van der Waals surface area contributed by atoms with Crippen molar-refractivity contribution in [1.29, 1.82) is 0 Å². The first-order valence-corrected chi connectivity index (χ1v) is 18.0. The van der Waals surface area contributed by atoms with Gasteiger partial charge >= 0.3 is 0 Å². The molecule has 6 aromatic rings. The van der Waals surface area contributed by atoms with Crippen LogP contribution in [0.1, 0.15) is 23.2 Å². The van der Waals surface area contributed by atoms with E-state index in [9.17, 15) is 19.2 Å². The summed E-state index contributed by atoms with van der Waals surface area (Å²) in [5.74, 6) is -1.28. The van der Waals surface area contributed by atoms with Crippen molar-refractivity contribution in [3.63, 3.8) is 0 Å². The lowest BCUT2D eigenvalue weighted by Crippen LogP contribution is -2.44. The fourth-order valence-electron chi connectivity index (χ4n) is 7.55. The van der Waals surface area contributed by atoms with Gasteiger partial charge < -0.3 is 34.0 Å². The molecule has 4 aromatic carbocycles. The SMILES string of the molecule is CN1CCN(CCCNc2c(F)cc3c(=O)c(C(=O)NCCCN4CCOCC4)cn4c5cc6c(=O)c7ccccc7c(=O)c6cc5oc2c34)CC1. The van der Waals surface area contributed by atoms with Gasteiger partial charge in [-0.15, -0.1) is 0 Å². The second-order valence-electron chi connectivity index (χ2n) is 13.9. The summed E-state index contributed by atoms with van der Waals surface area (Å²) in [6, 6.07) is 10.9. The van der Waals surface area contributed by atoms with Crippen LogP contribution >= 0.6 is 0 Å². The Balaban J connectivity index is 1.22. The molecule has 2 fully saturated rings. The molecule has 2 aromatic heterocycles. The van der Waals surface area contributed by atoms with Gasteiger partial charge in [-0.2, -0.15) is 0 Å². The maximum atomic E-state index is 16.1. The highest BCUT2D eigenvalue weighted by Crippen LogP contribution is 2.34. The molecule has 2 aliphatic heterocycles. The maximum absolute atomic E-state index is 16.1. The van der Waals surface area contributed by atoms with Crippen molar-refractivity contribution in [2.45, 2.75) is 12.8 Å². The second-order valence-corrected chi connectivity index (χ2v) is 13.9. The molecule has 0 radical (unpaired) electrons. The number of fused-ring (bicyclic) bond motifs is 4. The first kappa shape index (κ1) is 34.2. The molecule has 13 heteroatoms. The van der Waals surface area contributed by atoms with Crippen LogP contribution in [0.3, 0.4) is 0 Å². The predicted octanol–water partition coefficient (Wildman–Crippen LogP) is 3.30. The molecule has 0 aliphatic carbocycles. The standard InChI is InChI=1S/C39H41FN6O6/c1-43-12-14-44(15-13-43)10-4-8-41-33-30(40)20-28-34-38(33)52-32-22-27-26(35(47)24-6-2-3-7-25(24)36(27)48)21-31(32)46(34)23-29(37(28)49)39(50)42-9-5-11-45-16-18-51-19-17-45/h2-3,6-7,20-23,41H,4-5,8-19H2,1H3,(H,42,50). The van der Waals surface area contributed by atoms with Crippen LogP contribution in [0, 0.1) is 5.82 Å². The number of hydrogen-bond donors (Lipinski definition) is 2. The highest BCUT2D eigenvalue weighted by molar-refractivity contribution is 6.08. The minimum Gasteiger partial charge on any atom is -0.451 e. The summed E-state index contributed by atoms with van der Waals surface area (Å²) >= 11 is 0. The number of nitrogens with one attached hydrogen (secondary N) is 2. The number of rotatable bonds is 10. The third-order valence-corrected chi connectivity index (χ3v) is 10.5. The largest absolute Gasteiger partial charge is 0.451 e. The van der Waals surface area contributed by atoms with Crippen LogP contribution in [0.2, 0.25) is 0 Å². The topological polar surface area (TPSA) is 129 Å². The van der Waals surface area contributed by atoms with E-state index < -0.39 is 17.2 Å². The molecule has 270 valence electrons. The van der Waals surface area contributed by atoms with Crippen LogP contribution in [0.15, 0.2) is 67.5 Å². The van der Waals surface area contributed by atoms with Crippen LogP contribution < -0.4 is 26.9 Å². The summed E-state index contributed by atoms with van der Waals surface area (Å²) in [6.45, 7) is 9.35. The number of carbonyl (C=O) groups excluding carboxylic acids is 1. The highest BCUT2D eigenvalue weighted by Gasteiger charge is 2.24. The summed E-state index contributed by atoms with van der Waals surface area (Å²) in [6.07, 6.45) is 2.85. The van der Waals surface area contributed by atoms with Gasteiger partial charge in [0.2, 0.25) is 5.43 Å². The smallest absolute Gasteiger partial charge is 0.256 e. The van der Waals surface area contributed by atoms with Crippen molar-refractivity contribution < 1.29 is 18.3 Å². The molecule has 0 saturated carbocycles. The van der Waals surface area contributed by atoms with Crippen LogP contribution in [0.4, 0.5) is 10.1 Å². The van der Waals surface area contributed by atoms with E-state index in [4.69, 9.17) is 9.15 Å². The number of benzene rings is 4. The number of likely N-dealkylation sites (N-methyl/N-ethyl adjacent to an activating group) is 1. The van der Waals surface area contributed by atoms with Crippen LogP contribution in [0.25, 0.3) is 49.1 Å². The van der Waals surface area contributed by atoms with E-state index in [1.54, 1.807) is 34.7 Å². The average molecular weight is 709 g/mol.